The second-order valence-corrected chi connectivity index (χ2v) is 9.41. The molecule has 0 atom stereocenters. The van der Waals surface area contributed by atoms with Crippen molar-refractivity contribution in [3.63, 3.8) is 0 Å². The Bertz CT molecular complexity index is 1270. The fraction of sp³-hybridized carbons (Fsp3) is 0.333. The van der Waals surface area contributed by atoms with E-state index in [4.69, 9.17) is 0 Å². The quantitative estimate of drug-likeness (QED) is 0.419. The Balaban J connectivity index is 1.25. The highest BCUT2D eigenvalue weighted by molar-refractivity contribution is 6.08. The van der Waals surface area contributed by atoms with Crippen molar-refractivity contribution in [2.45, 2.75) is 32.6 Å². The number of anilines is 4. The third kappa shape index (κ3) is 5.79. The molecule has 0 radical (unpaired) electrons. The third-order valence-corrected chi connectivity index (χ3v) is 6.50. The summed E-state index contributed by atoms with van der Waals surface area (Å²) < 4.78 is 14.2. The van der Waals surface area contributed by atoms with Crippen LogP contribution in [0.3, 0.4) is 0 Å². The second kappa shape index (κ2) is 10.3. The molecule has 36 heavy (non-hydrogen) atoms. The van der Waals surface area contributed by atoms with E-state index in [1.807, 2.05) is 6.07 Å². The van der Waals surface area contributed by atoms with Crippen LogP contribution in [0.25, 0.3) is 0 Å². The van der Waals surface area contributed by atoms with Crippen LogP contribution in [0.2, 0.25) is 0 Å². The SMILES string of the molecule is Cc1ncc(NC(=O)c2cc(F)cc(N3CCCC3)c2)cc1C(=O)Nc1ccc(NCC2CC2)nc1. The van der Waals surface area contributed by atoms with Crippen LogP contribution in [-0.2, 0) is 0 Å². The average Bonchev–Trinajstić information content (AvgIpc) is 3.54. The van der Waals surface area contributed by atoms with Gasteiger partial charge in [-0.2, -0.15) is 0 Å². The lowest BCUT2D eigenvalue weighted by Crippen LogP contribution is -2.20. The van der Waals surface area contributed by atoms with Gasteiger partial charge in [0.05, 0.1) is 35.0 Å². The Morgan fingerprint density at radius 3 is 2.44 bits per heavy atom. The molecule has 1 saturated carbocycles. The lowest BCUT2D eigenvalue weighted by molar-refractivity contribution is 0.101. The summed E-state index contributed by atoms with van der Waals surface area (Å²) in [7, 11) is 0. The second-order valence-electron chi connectivity index (χ2n) is 9.41. The number of rotatable bonds is 8. The van der Waals surface area contributed by atoms with Crippen molar-refractivity contribution in [3.05, 3.63) is 71.4 Å². The van der Waals surface area contributed by atoms with Crippen LogP contribution in [0.4, 0.5) is 27.3 Å². The average molecular weight is 489 g/mol. The molecular weight excluding hydrogens is 459 g/mol. The molecule has 2 aliphatic rings. The molecule has 8 nitrogen and oxygen atoms in total. The first-order chi connectivity index (χ1) is 17.4. The smallest absolute Gasteiger partial charge is 0.257 e. The molecule has 0 bridgehead atoms. The van der Waals surface area contributed by atoms with Gasteiger partial charge in [-0.1, -0.05) is 0 Å². The normalized spacial score (nSPS) is 15.0. The maximum atomic E-state index is 14.2. The monoisotopic (exact) mass is 488 g/mol. The number of carbonyl (C=O) groups excluding carboxylic acids is 2. The summed E-state index contributed by atoms with van der Waals surface area (Å²) >= 11 is 0. The first-order valence-corrected chi connectivity index (χ1v) is 12.3. The van der Waals surface area contributed by atoms with Crippen LogP contribution in [0, 0.1) is 18.7 Å². The number of amides is 2. The first-order valence-electron chi connectivity index (χ1n) is 12.3. The van der Waals surface area contributed by atoms with Gasteiger partial charge in [-0.3, -0.25) is 14.6 Å². The molecule has 186 valence electrons. The number of hydrogen-bond donors (Lipinski definition) is 3. The van der Waals surface area contributed by atoms with Crippen LogP contribution in [0.15, 0.2) is 48.8 Å². The maximum absolute atomic E-state index is 14.2. The minimum absolute atomic E-state index is 0.213. The fourth-order valence-corrected chi connectivity index (χ4v) is 4.24. The topological polar surface area (TPSA) is 99.2 Å². The molecule has 1 aliphatic heterocycles. The van der Waals surface area contributed by atoms with Crippen molar-refractivity contribution in [2.75, 3.05) is 40.5 Å². The number of nitrogens with one attached hydrogen (secondary N) is 3. The minimum atomic E-state index is -0.467. The van der Waals surface area contributed by atoms with Crippen LogP contribution in [0.5, 0.6) is 0 Å². The molecule has 9 heteroatoms. The van der Waals surface area contributed by atoms with Gasteiger partial charge in [0, 0.05) is 30.9 Å². The van der Waals surface area contributed by atoms with E-state index in [1.54, 1.807) is 31.3 Å². The van der Waals surface area contributed by atoms with E-state index in [-0.39, 0.29) is 11.5 Å². The zero-order valence-electron chi connectivity index (χ0n) is 20.2. The largest absolute Gasteiger partial charge is 0.371 e. The summed E-state index contributed by atoms with van der Waals surface area (Å²) in [5.74, 6) is 0.216. The number of pyridine rings is 2. The molecule has 2 amide bonds. The molecule has 1 aromatic carbocycles. The van der Waals surface area contributed by atoms with Gasteiger partial charge in [0.15, 0.2) is 0 Å². The van der Waals surface area contributed by atoms with E-state index in [2.05, 4.69) is 30.8 Å². The van der Waals surface area contributed by atoms with Crippen molar-refractivity contribution in [1.82, 2.24) is 9.97 Å². The molecule has 1 saturated heterocycles. The van der Waals surface area contributed by atoms with Gasteiger partial charge in [-0.25, -0.2) is 9.37 Å². The number of aromatic nitrogens is 2. The number of aryl methyl sites for hydroxylation is 1. The first kappa shape index (κ1) is 23.7. The zero-order chi connectivity index (χ0) is 25.1. The zero-order valence-corrected chi connectivity index (χ0v) is 20.2. The van der Waals surface area contributed by atoms with E-state index >= 15 is 0 Å². The predicted octanol–water partition coefficient (Wildman–Crippen LogP) is 4.85. The highest BCUT2D eigenvalue weighted by atomic mass is 19.1. The number of hydrogen-bond acceptors (Lipinski definition) is 6. The fourth-order valence-electron chi connectivity index (χ4n) is 4.24. The van der Waals surface area contributed by atoms with Gasteiger partial charge in [0.1, 0.15) is 11.6 Å². The van der Waals surface area contributed by atoms with Crippen molar-refractivity contribution in [3.8, 4) is 0 Å². The molecule has 3 heterocycles. The van der Waals surface area contributed by atoms with Crippen LogP contribution in [-0.4, -0.2) is 41.4 Å². The summed E-state index contributed by atoms with van der Waals surface area (Å²) in [6.45, 7) is 4.33. The van der Waals surface area contributed by atoms with Crippen LogP contribution in [0.1, 0.15) is 52.1 Å². The Morgan fingerprint density at radius 2 is 1.72 bits per heavy atom. The number of benzene rings is 1. The summed E-state index contributed by atoms with van der Waals surface area (Å²) in [4.78, 5) is 36.5. The van der Waals surface area contributed by atoms with Crippen LogP contribution >= 0.6 is 0 Å². The molecule has 0 unspecified atom stereocenters. The summed E-state index contributed by atoms with van der Waals surface area (Å²) in [5.41, 5.74) is 2.65. The van der Waals surface area contributed by atoms with Gasteiger partial charge in [0.2, 0.25) is 0 Å². The highest BCUT2D eigenvalue weighted by Gasteiger charge is 2.21. The van der Waals surface area contributed by atoms with Gasteiger partial charge in [-0.05, 0) is 74.9 Å². The van der Waals surface area contributed by atoms with Crippen molar-refractivity contribution in [1.29, 1.82) is 0 Å². The number of halogens is 1. The van der Waals surface area contributed by atoms with Crippen molar-refractivity contribution < 1.29 is 14.0 Å². The summed E-state index contributed by atoms with van der Waals surface area (Å²) in [6.07, 6.45) is 7.70. The van der Waals surface area contributed by atoms with Gasteiger partial charge in [0.25, 0.3) is 11.8 Å². The standard InChI is InChI=1S/C27H29FN6O2/c1-17-24(27(36)32-21-6-7-25(31-15-21)30-14-18-4-5-18)13-22(16-29-17)33-26(35)19-10-20(28)12-23(11-19)34-8-2-3-9-34/h6-7,10-13,15-16,18H,2-5,8-9,14H2,1H3,(H,30,31)(H,32,36)(H,33,35). The molecule has 5 rings (SSSR count). The minimum Gasteiger partial charge on any atom is -0.371 e. The highest BCUT2D eigenvalue weighted by Crippen LogP contribution is 2.29. The predicted molar refractivity (Wildman–Crippen MR) is 138 cm³/mol. The van der Waals surface area contributed by atoms with E-state index in [0.717, 1.165) is 44.2 Å². The number of nitrogens with zero attached hydrogens (tertiary/aromatic N) is 3. The van der Waals surface area contributed by atoms with Gasteiger partial charge < -0.3 is 20.9 Å². The maximum Gasteiger partial charge on any atom is 0.257 e. The molecule has 3 aromatic rings. The molecule has 3 N–H and O–H groups in total. The van der Waals surface area contributed by atoms with E-state index in [0.29, 0.717) is 28.3 Å². The number of carbonyl (C=O) groups is 2. The van der Waals surface area contributed by atoms with Crippen molar-refractivity contribution in [2.24, 2.45) is 5.92 Å². The van der Waals surface area contributed by atoms with E-state index < -0.39 is 11.7 Å². The van der Waals surface area contributed by atoms with Crippen molar-refractivity contribution >= 4 is 34.7 Å². The lowest BCUT2D eigenvalue weighted by Gasteiger charge is -2.18. The Hall–Kier alpha value is -4.01. The Morgan fingerprint density at radius 1 is 0.972 bits per heavy atom. The molecule has 0 spiro atoms. The Labute approximate surface area is 209 Å². The molecule has 2 fully saturated rings. The van der Waals surface area contributed by atoms with E-state index in [9.17, 15) is 14.0 Å². The van der Waals surface area contributed by atoms with Crippen LogP contribution < -0.4 is 20.9 Å². The van der Waals surface area contributed by atoms with E-state index in [1.165, 1.54) is 31.2 Å². The van der Waals surface area contributed by atoms with Gasteiger partial charge in [-0.15, -0.1) is 0 Å². The summed E-state index contributed by atoms with van der Waals surface area (Å²) in [6, 6.07) is 9.53. The molecule has 1 aliphatic carbocycles. The third-order valence-electron chi connectivity index (χ3n) is 6.50. The molecule has 2 aromatic heterocycles. The van der Waals surface area contributed by atoms with Gasteiger partial charge >= 0.3 is 0 Å². The Kier molecular flexibility index (Phi) is 6.79. The molecular formula is C27H29FN6O2. The lowest BCUT2D eigenvalue weighted by atomic mass is 10.1. The summed E-state index contributed by atoms with van der Waals surface area (Å²) in [5, 5.41) is 8.85.